The number of rotatable bonds is 7. The van der Waals surface area contributed by atoms with Crippen molar-refractivity contribution in [1.29, 1.82) is 0 Å². The first-order valence-electron chi connectivity index (χ1n) is 8.39. The number of hydrogen-bond donors (Lipinski definition) is 1. The first kappa shape index (κ1) is 17.9. The smallest absolute Gasteiger partial charge is 0.230 e. The third-order valence-corrected chi connectivity index (χ3v) is 5.92. The Morgan fingerprint density at radius 1 is 1.28 bits per heavy atom. The van der Waals surface area contributed by atoms with Crippen molar-refractivity contribution in [2.75, 3.05) is 5.75 Å². The van der Waals surface area contributed by atoms with Gasteiger partial charge >= 0.3 is 0 Å². The first-order chi connectivity index (χ1) is 12.2. The van der Waals surface area contributed by atoms with E-state index in [-0.39, 0.29) is 11.9 Å². The Bertz CT molecular complexity index is 848. The van der Waals surface area contributed by atoms with E-state index in [1.54, 1.807) is 17.7 Å². The molecule has 1 aromatic carbocycles. The minimum absolute atomic E-state index is 0.0521. The van der Waals surface area contributed by atoms with Gasteiger partial charge in [-0.15, -0.1) is 11.3 Å². The monoisotopic (exact) mass is 371 g/mol. The number of nitrogens with zero attached hydrogens (tertiary/aromatic N) is 2. The van der Waals surface area contributed by atoms with Gasteiger partial charge in [-0.1, -0.05) is 55.4 Å². The summed E-state index contributed by atoms with van der Waals surface area (Å²) >= 11 is 3.12. The minimum atomic E-state index is 0.0521. The fraction of sp³-hybridized carbons (Fsp3) is 0.316. The molecular formula is C19H21N3OS2. The molecule has 4 nitrogen and oxygen atoms in total. The van der Waals surface area contributed by atoms with Gasteiger partial charge in [0.1, 0.15) is 16.2 Å². The molecule has 2 heterocycles. The topological polar surface area (TPSA) is 54.9 Å². The molecule has 0 saturated heterocycles. The normalized spacial score (nSPS) is 12.2. The van der Waals surface area contributed by atoms with Crippen LogP contribution in [0, 0.1) is 0 Å². The third-order valence-electron chi connectivity index (χ3n) is 3.82. The summed E-state index contributed by atoms with van der Waals surface area (Å²) in [6, 6.07) is 12.6. The zero-order valence-corrected chi connectivity index (χ0v) is 16.0. The number of carbonyl (C=O) groups is 1. The molecule has 0 fully saturated rings. The van der Waals surface area contributed by atoms with Crippen LogP contribution in [0.15, 0.2) is 47.8 Å². The van der Waals surface area contributed by atoms with Crippen LogP contribution in [-0.2, 0) is 4.79 Å². The highest BCUT2D eigenvalue weighted by molar-refractivity contribution is 8.00. The van der Waals surface area contributed by atoms with E-state index in [4.69, 9.17) is 0 Å². The zero-order chi connectivity index (χ0) is 17.6. The Labute approximate surface area is 156 Å². The van der Waals surface area contributed by atoms with Gasteiger partial charge in [0, 0.05) is 16.3 Å². The zero-order valence-electron chi connectivity index (χ0n) is 14.4. The molecular weight excluding hydrogens is 350 g/mol. The van der Waals surface area contributed by atoms with Crippen LogP contribution in [0.5, 0.6) is 0 Å². The van der Waals surface area contributed by atoms with Gasteiger partial charge in [0.15, 0.2) is 0 Å². The highest BCUT2D eigenvalue weighted by Crippen LogP contribution is 2.35. The van der Waals surface area contributed by atoms with E-state index >= 15 is 0 Å². The summed E-state index contributed by atoms with van der Waals surface area (Å²) in [7, 11) is 0. The number of carbonyl (C=O) groups excluding carboxylic acids is 1. The predicted molar refractivity (Wildman–Crippen MR) is 106 cm³/mol. The van der Waals surface area contributed by atoms with Gasteiger partial charge < -0.3 is 5.32 Å². The van der Waals surface area contributed by atoms with Crippen molar-refractivity contribution in [3.63, 3.8) is 0 Å². The minimum Gasteiger partial charge on any atom is -0.353 e. The average Bonchev–Trinajstić information content (AvgIpc) is 3.05. The van der Waals surface area contributed by atoms with Crippen LogP contribution in [0.3, 0.4) is 0 Å². The summed E-state index contributed by atoms with van der Waals surface area (Å²) in [6.45, 7) is 4.16. The Balaban J connectivity index is 1.74. The van der Waals surface area contributed by atoms with Crippen LogP contribution < -0.4 is 5.32 Å². The number of fused-ring (bicyclic) bond motifs is 1. The molecule has 1 N–H and O–H groups in total. The number of thioether (sulfide) groups is 1. The van der Waals surface area contributed by atoms with Crippen molar-refractivity contribution >= 4 is 39.2 Å². The average molecular weight is 372 g/mol. The largest absolute Gasteiger partial charge is 0.353 e. The molecule has 25 heavy (non-hydrogen) atoms. The summed E-state index contributed by atoms with van der Waals surface area (Å²) in [5.74, 6) is 0.424. The van der Waals surface area contributed by atoms with E-state index in [0.29, 0.717) is 5.75 Å². The Morgan fingerprint density at radius 3 is 2.84 bits per heavy atom. The fourth-order valence-electron chi connectivity index (χ4n) is 2.65. The second kappa shape index (κ2) is 8.45. The lowest BCUT2D eigenvalue weighted by Gasteiger charge is -2.12. The molecule has 0 radical (unpaired) electrons. The molecule has 6 heteroatoms. The Kier molecular flexibility index (Phi) is 6.04. The third kappa shape index (κ3) is 4.58. The van der Waals surface area contributed by atoms with E-state index in [1.165, 1.54) is 22.2 Å². The summed E-state index contributed by atoms with van der Waals surface area (Å²) in [5, 5.41) is 4.91. The number of nitrogens with one attached hydrogen (secondary N) is 1. The van der Waals surface area contributed by atoms with E-state index in [1.807, 2.05) is 25.1 Å². The van der Waals surface area contributed by atoms with Crippen molar-refractivity contribution in [3.05, 3.63) is 42.7 Å². The van der Waals surface area contributed by atoms with Crippen molar-refractivity contribution in [3.8, 4) is 10.4 Å². The summed E-state index contributed by atoms with van der Waals surface area (Å²) < 4.78 is 0. The molecule has 1 atom stereocenters. The second-order valence-corrected chi connectivity index (χ2v) is 7.91. The highest BCUT2D eigenvalue weighted by atomic mass is 32.2. The molecule has 2 aromatic heterocycles. The van der Waals surface area contributed by atoms with Gasteiger partial charge in [0.2, 0.25) is 5.91 Å². The highest BCUT2D eigenvalue weighted by Gasteiger charge is 2.13. The van der Waals surface area contributed by atoms with Crippen LogP contribution in [-0.4, -0.2) is 27.7 Å². The van der Waals surface area contributed by atoms with Crippen molar-refractivity contribution in [2.45, 2.75) is 37.8 Å². The maximum Gasteiger partial charge on any atom is 0.230 e. The van der Waals surface area contributed by atoms with Crippen LogP contribution in [0.25, 0.3) is 20.7 Å². The van der Waals surface area contributed by atoms with Crippen molar-refractivity contribution in [1.82, 2.24) is 15.3 Å². The molecule has 130 valence electrons. The SMILES string of the molecule is CCCC(C)NC(=O)CSc1ncnc2sc(-c3ccccc3)cc12. The van der Waals surface area contributed by atoms with Gasteiger partial charge in [0.25, 0.3) is 0 Å². The predicted octanol–water partition coefficient (Wildman–Crippen LogP) is 4.76. The molecule has 0 aliphatic rings. The lowest BCUT2D eigenvalue weighted by Crippen LogP contribution is -2.33. The maximum atomic E-state index is 12.1. The number of amides is 1. The van der Waals surface area contributed by atoms with Gasteiger partial charge in [-0.2, -0.15) is 0 Å². The Hall–Kier alpha value is -1.92. The number of aromatic nitrogens is 2. The maximum absolute atomic E-state index is 12.1. The summed E-state index contributed by atoms with van der Waals surface area (Å²) in [4.78, 5) is 23.0. The van der Waals surface area contributed by atoms with Crippen LogP contribution in [0.4, 0.5) is 0 Å². The molecule has 3 rings (SSSR count). The van der Waals surface area contributed by atoms with E-state index in [9.17, 15) is 4.79 Å². The van der Waals surface area contributed by atoms with Gasteiger partial charge in [-0.05, 0) is 25.0 Å². The number of hydrogen-bond acceptors (Lipinski definition) is 5. The Morgan fingerprint density at radius 2 is 2.08 bits per heavy atom. The molecule has 0 spiro atoms. The van der Waals surface area contributed by atoms with Crippen molar-refractivity contribution in [2.24, 2.45) is 0 Å². The molecule has 1 unspecified atom stereocenters. The van der Waals surface area contributed by atoms with Gasteiger partial charge in [0.05, 0.1) is 5.75 Å². The lowest BCUT2D eigenvalue weighted by molar-refractivity contribution is -0.119. The second-order valence-electron chi connectivity index (χ2n) is 5.92. The van der Waals surface area contributed by atoms with Gasteiger partial charge in [-0.25, -0.2) is 9.97 Å². The van der Waals surface area contributed by atoms with Gasteiger partial charge in [-0.3, -0.25) is 4.79 Å². The molecule has 3 aromatic rings. The molecule has 1 amide bonds. The van der Waals surface area contributed by atoms with Crippen LogP contribution in [0.2, 0.25) is 0 Å². The first-order valence-corrected chi connectivity index (χ1v) is 10.2. The van der Waals surface area contributed by atoms with E-state index in [0.717, 1.165) is 28.1 Å². The quantitative estimate of drug-likeness (QED) is 0.481. The summed E-state index contributed by atoms with van der Waals surface area (Å²) in [6.07, 6.45) is 3.64. The number of benzene rings is 1. The van der Waals surface area contributed by atoms with Crippen LogP contribution in [0.1, 0.15) is 26.7 Å². The summed E-state index contributed by atoms with van der Waals surface area (Å²) in [5.41, 5.74) is 1.17. The van der Waals surface area contributed by atoms with Crippen LogP contribution >= 0.6 is 23.1 Å². The molecule has 0 aliphatic carbocycles. The van der Waals surface area contributed by atoms with Crippen molar-refractivity contribution < 1.29 is 4.79 Å². The fourth-order valence-corrected chi connectivity index (χ4v) is 4.50. The molecule has 0 saturated carbocycles. The standard InChI is InChI=1S/C19H21N3OS2/c1-3-7-13(2)22-17(23)11-24-18-15-10-16(14-8-5-4-6-9-14)25-19(15)21-12-20-18/h4-6,8-10,12-13H,3,7,11H2,1-2H3,(H,22,23). The van der Waals surface area contributed by atoms with E-state index < -0.39 is 0 Å². The molecule has 0 bridgehead atoms. The molecule has 0 aliphatic heterocycles. The van der Waals surface area contributed by atoms with E-state index in [2.05, 4.69) is 40.4 Å². The lowest BCUT2D eigenvalue weighted by atomic mass is 10.2. The number of thiophene rings is 1.